The molecule has 1 aliphatic heterocycles. The highest BCUT2D eigenvalue weighted by molar-refractivity contribution is 5.80. The number of carboxylic acid groups (broad SMARTS) is 1. The van der Waals surface area contributed by atoms with Crippen LogP contribution in [0.2, 0.25) is 0 Å². The lowest BCUT2D eigenvalue weighted by Crippen LogP contribution is -2.48. The van der Waals surface area contributed by atoms with Crippen LogP contribution in [-0.2, 0) is 9.59 Å². The normalized spacial score (nSPS) is 33.8. The van der Waals surface area contributed by atoms with Crippen molar-refractivity contribution in [3.8, 4) is 0 Å². The van der Waals surface area contributed by atoms with Crippen LogP contribution in [0.5, 0.6) is 0 Å². The minimum absolute atomic E-state index is 0.0133. The lowest BCUT2D eigenvalue weighted by Gasteiger charge is -2.32. The van der Waals surface area contributed by atoms with Gasteiger partial charge in [0.2, 0.25) is 5.91 Å². The highest BCUT2D eigenvalue weighted by Crippen LogP contribution is 2.39. The second-order valence-electron chi connectivity index (χ2n) is 6.92. The number of likely N-dealkylation sites (tertiary alicyclic amines) is 1. The Bertz CT molecular complexity index is 406. The summed E-state index contributed by atoms with van der Waals surface area (Å²) in [4.78, 5) is 25.7. The lowest BCUT2D eigenvalue weighted by molar-refractivity contribution is -0.143. The molecule has 1 heterocycles. The largest absolute Gasteiger partial charge is 0.480 e. The van der Waals surface area contributed by atoms with E-state index in [2.05, 4.69) is 5.32 Å². The van der Waals surface area contributed by atoms with Crippen molar-refractivity contribution in [1.29, 1.82) is 0 Å². The Morgan fingerprint density at radius 1 is 1.05 bits per heavy atom. The zero-order valence-electron chi connectivity index (χ0n) is 12.6. The molecule has 3 rings (SSSR count). The quantitative estimate of drug-likeness (QED) is 0.829. The van der Waals surface area contributed by atoms with E-state index in [1.165, 1.54) is 19.3 Å². The molecule has 1 saturated heterocycles. The zero-order valence-corrected chi connectivity index (χ0v) is 12.6. The summed E-state index contributed by atoms with van der Waals surface area (Å²) >= 11 is 0. The molecule has 21 heavy (non-hydrogen) atoms. The molecule has 2 aliphatic carbocycles. The Morgan fingerprint density at radius 3 is 2.43 bits per heavy atom. The first kappa shape index (κ1) is 14.8. The van der Waals surface area contributed by atoms with Crippen molar-refractivity contribution in [1.82, 2.24) is 10.2 Å². The van der Waals surface area contributed by atoms with Crippen molar-refractivity contribution in [3.05, 3.63) is 0 Å². The van der Waals surface area contributed by atoms with Gasteiger partial charge in [0.1, 0.15) is 6.04 Å². The number of amides is 1. The summed E-state index contributed by atoms with van der Waals surface area (Å²) in [5, 5.41) is 12.5. The number of rotatable bonds is 4. The fourth-order valence-corrected chi connectivity index (χ4v) is 4.53. The summed E-state index contributed by atoms with van der Waals surface area (Å²) in [6, 6.07) is 0.146. The van der Waals surface area contributed by atoms with Crippen LogP contribution in [-0.4, -0.2) is 46.6 Å². The molecule has 3 aliphatic rings. The molecule has 0 aromatic heterocycles. The van der Waals surface area contributed by atoms with E-state index in [9.17, 15) is 14.7 Å². The van der Waals surface area contributed by atoms with Gasteiger partial charge in [-0.2, -0.15) is 0 Å². The van der Waals surface area contributed by atoms with Crippen LogP contribution in [0.15, 0.2) is 0 Å². The van der Waals surface area contributed by atoms with Gasteiger partial charge in [0, 0.05) is 12.1 Å². The summed E-state index contributed by atoms with van der Waals surface area (Å²) in [7, 11) is 0. The predicted molar refractivity (Wildman–Crippen MR) is 78.9 cm³/mol. The van der Waals surface area contributed by atoms with Crippen LogP contribution in [0.1, 0.15) is 57.8 Å². The number of hydrogen-bond donors (Lipinski definition) is 2. The van der Waals surface area contributed by atoms with Crippen LogP contribution in [0.3, 0.4) is 0 Å². The van der Waals surface area contributed by atoms with Crippen molar-refractivity contribution in [3.63, 3.8) is 0 Å². The molecule has 1 amide bonds. The smallest absolute Gasteiger partial charge is 0.320 e. The molecule has 3 unspecified atom stereocenters. The Labute approximate surface area is 126 Å². The maximum Gasteiger partial charge on any atom is 0.320 e. The van der Waals surface area contributed by atoms with E-state index in [4.69, 9.17) is 0 Å². The third kappa shape index (κ3) is 3.23. The average molecular weight is 294 g/mol. The highest BCUT2D eigenvalue weighted by Gasteiger charge is 2.45. The van der Waals surface area contributed by atoms with E-state index in [0.717, 1.165) is 38.5 Å². The molecule has 0 aromatic rings. The summed E-state index contributed by atoms with van der Waals surface area (Å²) in [5.74, 6) is -0.281. The van der Waals surface area contributed by atoms with Crippen LogP contribution in [0.4, 0.5) is 0 Å². The molecule has 118 valence electrons. The summed E-state index contributed by atoms with van der Waals surface area (Å²) in [6.45, 7) is 0.259. The van der Waals surface area contributed by atoms with Crippen molar-refractivity contribution in [2.45, 2.75) is 75.9 Å². The van der Waals surface area contributed by atoms with Gasteiger partial charge in [-0.05, 0) is 38.0 Å². The molecule has 0 spiro atoms. The van der Waals surface area contributed by atoms with E-state index < -0.39 is 12.0 Å². The third-order valence-corrected chi connectivity index (χ3v) is 5.55. The molecule has 0 bridgehead atoms. The Hall–Kier alpha value is -1.10. The first-order chi connectivity index (χ1) is 10.1. The number of fused-ring (bicyclic) bond motifs is 1. The van der Waals surface area contributed by atoms with E-state index in [1.807, 2.05) is 4.90 Å². The Morgan fingerprint density at radius 2 is 1.71 bits per heavy atom. The Kier molecular flexibility index (Phi) is 4.48. The number of carboxylic acids is 1. The minimum Gasteiger partial charge on any atom is -0.480 e. The van der Waals surface area contributed by atoms with Gasteiger partial charge < -0.3 is 10.4 Å². The first-order valence-corrected chi connectivity index (χ1v) is 8.43. The van der Waals surface area contributed by atoms with Crippen molar-refractivity contribution in [2.75, 3.05) is 6.54 Å². The fraction of sp³-hybridized carbons (Fsp3) is 0.875. The second kappa shape index (κ2) is 6.34. The van der Waals surface area contributed by atoms with Crippen LogP contribution < -0.4 is 5.32 Å². The molecule has 0 radical (unpaired) electrons. The van der Waals surface area contributed by atoms with E-state index in [1.54, 1.807) is 0 Å². The number of carbonyl (C=O) groups excluding carboxylic acids is 1. The summed E-state index contributed by atoms with van der Waals surface area (Å²) in [5.41, 5.74) is 0. The predicted octanol–water partition coefficient (Wildman–Crippen LogP) is 1.76. The SMILES string of the molecule is O=C(CN1C(C(=O)O)CC2CCCCC21)NC1CCCC1. The molecule has 3 fully saturated rings. The number of aliphatic carboxylic acids is 1. The number of nitrogens with zero attached hydrogens (tertiary/aromatic N) is 1. The number of hydrogen-bond acceptors (Lipinski definition) is 3. The van der Waals surface area contributed by atoms with Crippen molar-refractivity contribution in [2.24, 2.45) is 5.92 Å². The van der Waals surface area contributed by atoms with Gasteiger partial charge in [-0.3, -0.25) is 14.5 Å². The average Bonchev–Trinajstić information content (AvgIpc) is 3.07. The molecule has 0 aromatic carbocycles. The van der Waals surface area contributed by atoms with Crippen LogP contribution in [0, 0.1) is 5.92 Å². The maximum absolute atomic E-state index is 12.3. The third-order valence-electron chi connectivity index (χ3n) is 5.55. The van der Waals surface area contributed by atoms with Crippen molar-refractivity contribution >= 4 is 11.9 Å². The van der Waals surface area contributed by atoms with Crippen molar-refractivity contribution < 1.29 is 14.7 Å². The van der Waals surface area contributed by atoms with Gasteiger partial charge in [0.25, 0.3) is 0 Å². The van der Waals surface area contributed by atoms with Gasteiger partial charge >= 0.3 is 5.97 Å². The standard InChI is InChI=1S/C16H26N2O3/c19-15(17-12-6-2-3-7-12)10-18-13-8-4-1-5-11(13)9-14(18)16(20)21/h11-14H,1-10H2,(H,17,19)(H,20,21). The fourth-order valence-electron chi connectivity index (χ4n) is 4.53. The number of nitrogens with one attached hydrogen (secondary N) is 1. The summed E-state index contributed by atoms with van der Waals surface area (Å²) < 4.78 is 0. The van der Waals surface area contributed by atoms with Crippen LogP contribution >= 0.6 is 0 Å². The van der Waals surface area contributed by atoms with Crippen LogP contribution in [0.25, 0.3) is 0 Å². The second-order valence-corrected chi connectivity index (χ2v) is 6.92. The van der Waals surface area contributed by atoms with Gasteiger partial charge in [0.15, 0.2) is 0 Å². The van der Waals surface area contributed by atoms with Gasteiger partial charge in [-0.25, -0.2) is 0 Å². The molecule has 2 N–H and O–H groups in total. The topological polar surface area (TPSA) is 69.6 Å². The van der Waals surface area contributed by atoms with Gasteiger partial charge in [-0.15, -0.1) is 0 Å². The highest BCUT2D eigenvalue weighted by atomic mass is 16.4. The zero-order chi connectivity index (χ0) is 14.8. The van der Waals surface area contributed by atoms with E-state index in [-0.39, 0.29) is 12.5 Å². The molecule has 5 nitrogen and oxygen atoms in total. The van der Waals surface area contributed by atoms with E-state index in [0.29, 0.717) is 18.0 Å². The molecular weight excluding hydrogens is 268 g/mol. The first-order valence-electron chi connectivity index (χ1n) is 8.43. The molecule has 5 heteroatoms. The van der Waals surface area contributed by atoms with E-state index >= 15 is 0 Å². The molecular formula is C16H26N2O3. The van der Waals surface area contributed by atoms with Gasteiger partial charge in [0.05, 0.1) is 6.54 Å². The molecule has 2 saturated carbocycles. The number of carbonyl (C=O) groups is 2. The summed E-state index contributed by atoms with van der Waals surface area (Å²) in [6.07, 6.45) is 9.77. The Balaban J connectivity index is 1.62. The maximum atomic E-state index is 12.3. The molecule has 3 atom stereocenters. The lowest BCUT2D eigenvalue weighted by atomic mass is 9.85. The monoisotopic (exact) mass is 294 g/mol. The minimum atomic E-state index is -0.766. The van der Waals surface area contributed by atoms with Gasteiger partial charge in [-0.1, -0.05) is 25.7 Å².